The normalized spacial score (nSPS) is 19.1. The lowest BCUT2D eigenvalue weighted by Crippen LogP contribution is -2.42. The molecule has 4 rings (SSSR count). The molecule has 188 valence electrons. The highest BCUT2D eigenvalue weighted by Crippen LogP contribution is 2.35. The Hall–Kier alpha value is -3.02. The Kier molecular flexibility index (Phi) is 6.85. The van der Waals surface area contributed by atoms with E-state index in [9.17, 15) is 31.1 Å². The standard InChI is InChI=1S/C22H20ClF6N5O/c23-12-4-5-16-15(8-12)17(10-19(33-16)22(27,28)29)31-13-2-1-3-14(9-13)32-20(35)18-6-7-30-34(18)11-21(24,25)26/h4-8,10,13-14H,1-3,9,11H2,(H,31,33)(H,32,35)/t13-,14+/m0/s1. The molecule has 35 heavy (non-hydrogen) atoms. The van der Waals surface area contributed by atoms with Crippen LogP contribution >= 0.6 is 11.6 Å². The zero-order valence-corrected chi connectivity index (χ0v) is 18.8. The van der Waals surface area contributed by atoms with Gasteiger partial charge in [0.25, 0.3) is 5.91 Å². The van der Waals surface area contributed by atoms with E-state index in [1.165, 1.54) is 24.3 Å². The summed E-state index contributed by atoms with van der Waals surface area (Å²) in [6.45, 7) is -1.39. The number of benzene rings is 1. The van der Waals surface area contributed by atoms with E-state index in [0.29, 0.717) is 40.8 Å². The van der Waals surface area contributed by atoms with E-state index in [4.69, 9.17) is 11.6 Å². The van der Waals surface area contributed by atoms with Crippen molar-refractivity contribution in [2.24, 2.45) is 0 Å². The molecule has 1 aliphatic rings. The molecule has 0 unspecified atom stereocenters. The Balaban J connectivity index is 1.50. The number of nitrogens with zero attached hydrogens (tertiary/aromatic N) is 3. The van der Waals surface area contributed by atoms with Gasteiger partial charge in [0.1, 0.15) is 17.9 Å². The van der Waals surface area contributed by atoms with Gasteiger partial charge in [-0.15, -0.1) is 0 Å². The van der Waals surface area contributed by atoms with E-state index in [0.717, 1.165) is 12.3 Å². The third kappa shape index (κ3) is 6.16. The number of rotatable bonds is 5. The molecule has 0 aliphatic heterocycles. The minimum absolute atomic E-state index is 0.130. The van der Waals surface area contributed by atoms with Gasteiger partial charge in [0, 0.05) is 34.4 Å². The molecule has 3 aromatic rings. The third-order valence-electron chi connectivity index (χ3n) is 5.71. The van der Waals surface area contributed by atoms with Gasteiger partial charge in [-0.05, 0) is 56.0 Å². The fraction of sp³-hybridized carbons (Fsp3) is 0.409. The number of amides is 1. The smallest absolute Gasteiger partial charge is 0.382 e. The Labute approximate surface area is 200 Å². The van der Waals surface area contributed by atoms with Crippen molar-refractivity contribution in [3.63, 3.8) is 0 Å². The number of hydrogen-bond acceptors (Lipinski definition) is 4. The summed E-state index contributed by atoms with van der Waals surface area (Å²) in [5, 5.41) is 10.2. The van der Waals surface area contributed by atoms with Crippen LogP contribution in [0.15, 0.2) is 36.5 Å². The first-order valence-electron chi connectivity index (χ1n) is 10.7. The summed E-state index contributed by atoms with van der Waals surface area (Å²) >= 11 is 6.04. The van der Waals surface area contributed by atoms with Crippen LogP contribution in [-0.2, 0) is 12.7 Å². The zero-order chi connectivity index (χ0) is 25.4. The van der Waals surface area contributed by atoms with Crippen LogP contribution in [0.5, 0.6) is 0 Å². The molecule has 0 spiro atoms. The van der Waals surface area contributed by atoms with Crippen molar-refractivity contribution in [3.05, 3.63) is 52.9 Å². The van der Waals surface area contributed by atoms with Crippen molar-refractivity contribution < 1.29 is 31.1 Å². The highest BCUT2D eigenvalue weighted by atomic mass is 35.5. The molecule has 2 N–H and O–H groups in total. The lowest BCUT2D eigenvalue weighted by Gasteiger charge is -2.31. The number of anilines is 1. The van der Waals surface area contributed by atoms with E-state index in [2.05, 4.69) is 20.7 Å². The second kappa shape index (κ2) is 9.56. The average molecular weight is 520 g/mol. The number of nitrogens with one attached hydrogen (secondary N) is 2. The van der Waals surface area contributed by atoms with Gasteiger partial charge in [0.05, 0.1) is 5.52 Å². The van der Waals surface area contributed by atoms with Crippen LogP contribution in [0.4, 0.5) is 32.0 Å². The Morgan fingerprint density at radius 1 is 1.09 bits per heavy atom. The molecule has 0 saturated heterocycles. The summed E-state index contributed by atoms with van der Waals surface area (Å²) in [5.41, 5.74) is -0.925. The maximum atomic E-state index is 13.4. The fourth-order valence-corrected chi connectivity index (χ4v) is 4.39. The van der Waals surface area contributed by atoms with Gasteiger partial charge in [0.15, 0.2) is 0 Å². The van der Waals surface area contributed by atoms with Gasteiger partial charge in [-0.2, -0.15) is 31.4 Å². The van der Waals surface area contributed by atoms with Crippen molar-refractivity contribution in [2.75, 3.05) is 5.32 Å². The van der Waals surface area contributed by atoms with Crippen molar-refractivity contribution >= 4 is 34.1 Å². The molecule has 2 atom stereocenters. The highest BCUT2D eigenvalue weighted by Gasteiger charge is 2.34. The van der Waals surface area contributed by atoms with Crippen molar-refractivity contribution in [3.8, 4) is 0 Å². The van der Waals surface area contributed by atoms with E-state index < -0.39 is 30.5 Å². The van der Waals surface area contributed by atoms with Crippen LogP contribution in [0.2, 0.25) is 5.02 Å². The largest absolute Gasteiger partial charge is 0.433 e. The Bertz CT molecular complexity index is 1230. The van der Waals surface area contributed by atoms with Crippen molar-refractivity contribution in [1.82, 2.24) is 20.1 Å². The molecule has 13 heteroatoms. The van der Waals surface area contributed by atoms with Gasteiger partial charge in [-0.3, -0.25) is 9.48 Å². The van der Waals surface area contributed by atoms with Crippen LogP contribution in [0.1, 0.15) is 41.9 Å². The molecule has 1 fully saturated rings. The quantitative estimate of drug-likeness (QED) is 0.417. The maximum absolute atomic E-state index is 13.4. The van der Waals surface area contributed by atoms with Crippen molar-refractivity contribution in [1.29, 1.82) is 0 Å². The summed E-state index contributed by atoms with van der Waals surface area (Å²) in [6.07, 6.45) is -5.84. The molecule has 1 amide bonds. The van der Waals surface area contributed by atoms with Gasteiger partial charge >= 0.3 is 12.4 Å². The van der Waals surface area contributed by atoms with Crippen molar-refractivity contribution in [2.45, 2.75) is 56.7 Å². The summed E-state index contributed by atoms with van der Waals surface area (Å²) < 4.78 is 78.9. The van der Waals surface area contributed by atoms with Crippen LogP contribution in [0, 0.1) is 0 Å². The summed E-state index contributed by atoms with van der Waals surface area (Å²) in [6, 6.07) is 5.84. The lowest BCUT2D eigenvalue weighted by molar-refractivity contribution is -0.143. The predicted octanol–water partition coefficient (Wildman–Crippen LogP) is 5.82. The van der Waals surface area contributed by atoms with Crippen LogP contribution in [0.25, 0.3) is 10.9 Å². The molecule has 2 heterocycles. The van der Waals surface area contributed by atoms with Gasteiger partial charge in [-0.25, -0.2) is 4.98 Å². The minimum atomic E-state index is -4.65. The first kappa shape index (κ1) is 25.1. The monoisotopic (exact) mass is 519 g/mol. The number of fused-ring (bicyclic) bond motifs is 1. The summed E-state index contributed by atoms with van der Waals surface area (Å²) in [4.78, 5) is 16.3. The second-order valence-corrected chi connectivity index (χ2v) is 8.82. The predicted molar refractivity (Wildman–Crippen MR) is 117 cm³/mol. The molecule has 6 nitrogen and oxygen atoms in total. The van der Waals surface area contributed by atoms with Gasteiger partial charge in [0.2, 0.25) is 0 Å². The second-order valence-electron chi connectivity index (χ2n) is 8.38. The number of carbonyl (C=O) groups excluding carboxylic acids is 1. The number of pyridine rings is 1. The molecular formula is C22H20ClF6N5O. The van der Waals surface area contributed by atoms with Crippen LogP contribution in [0.3, 0.4) is 0 Å². The van der Waals surface area contributed by atoms with E-state index in [1.807, 2.05) is 0 Å². The molecule has 1 saturated carbocycles. The maximum Gasteiger partial charge on any atom is 0.433 e. The molecule has 0 radical (unpaired) electrons. The van der Waals surface area contributed by atoms with E-state index in [-0.39, 0.29) is 29.0 Å². The average Bonchev–Trinajstić information content (AvgIpc) is 3.20. The molecule has 1 aliphatic carbocycles. The number of alkyl halides is 6. The Morgan fingerprint density at radius 3 is 2.54 bits per heavy atom. The number of aromatic nitrogens is 3. The molecule has 2 aromatic heterocycles. The molecule has 1 aromatic carbocycles. The molecular weight excluding hydrogens is 500 g/mol. The highest BCUT2D eigenvalue weighted by molar-refractivity contribution is 6.31. The van der Waals surface area contributed by atoms with E-state index >= 15 is 0 Å². The number of hydrogen-bond donors (Lipinski definition) is 2. The first-order valence-corrected chi connectivity index (χ1v) is 11.1. The number of halogens is 7. The third-order valence-corrected chi connectivity index (χ3v) is 5.94. The summed E-state index contributed by atoms with van der Waals surface area (Å²) in [5.74, 6) is -0.696. The topological polar surface area (TPSA) is 71.8 Å². The van der Waals surface area contributed by atoms with Crippen LogP contribution < -0.4 is 10.6 Å². The van der Waals surface area contributed by atoms with Gasteiger partial charge in [-0.1, -0.05) is 11.6 Å². The minimum Gasteiger partial charge on any atom is -0.382 e. The Morgan fingerprint density at radius 2 is 1.83 bits per heavy atom. The lowest BCUT2D eigenvalue weighted by atomic mass is 9.90. The van der Waals surface area contributed by atoms with Crippen LogP contribution in [-0.4, -0.2) is 38.9 Å². The first-order chi connectivity index (χ1) is 16.4. The molecule has 0 bridgehead atoms. The SMILES string of the molecule is O=C(N[C@@H]1CCC[C@H](Nc2cc(C(F)(F)F)nc3ccc(Cl)cc23)C1)c1ccnn1CC(F)(F)F. The summed E-state index contributed by atoms with van der Waals surface area (Å²) in [7, 11) is 0. The number of carbonyl (C=O) groups is 1. The zero-order valence-electron chi connectivity index (χ0n) is 18.0. The van der Waals surface area contributed by atoms with E-state index in [1.54, 1.807) is 0 Å². The fourth-order valence-electron chi connectivity index (χ4n) is 4.22. The van der Waals surface area contributed by atoms with Gasteiger partial charge < -0.3 is 10.6 Å².